The average molecular weight is 245 g/mol. The zero-order valence-corrected chi connectivity index (χ0v) is 11.6. The minimum Gasteiger partial charge on any atom is -0.339 e. The molecule has 0 fully saturated rings. The summed E-state index contributed by atoms with van der Waals surface area (Å²) in [4.78, 5) is 13.7. The first-order valence-corrected chi connectivity index (χ1v) is 6.69. The van der Waals surface area contributed by atoms with Gasteiger partial charge in [-0.15, -0.1) is 0 Å². The number of hydrogen-bond donors (Lipinski definition) is 0. The van der Waals surface area contributed by atoms with E-state index in [4.69, 9.17) is 0 Å². The zero-order valence-electron chi connectivity index (χ0n) is 11.6. The van der Waals surface area contributed by atoms with Crippen LogP contribution in [-0.4, -0.2) is 23.9 Å². The van der Waals surface area contributed by atoms with Gasteiger partial charge in [0.2, 0.25) is 5.91 Å². The molecule has 2 heteroatoms. The monoisotopic (exact) mass is 245 g/mol. The van der Waals surface area contributed by atoms with Crippen LogP contribution in [0.1, 0.15) is 39.2 Å². The van der Waals surface area contributed by atoms with Crippen LogP contribution in [0.5, 0.6) is 0 Å². The lowest BCUT2D eigenvalue weighted by atomic mass is 10.1. The van der Waals surface area contributed by atoms with Gasteiger partial charge < -0.3 is 4.90 Å². The number of allylic oxidation sites excluding steroid dienone is 1. The highest BCUT2D eigenvalue weighted by Gasteiger charge is 2.08. The molecular formula is C16H23NO. The number of benzene rings is 1. The second kappa shape index (κ2) is 7.70. The van der Waals surface area contributed by atoms with Crippen molar-refractivity contribution in [3.8, 4) is 0 Å². The molecule has 0 unspecified atom stereocenters. The first-order valence-electron chi connectivity index (χ1n) is 6.69. The molecule has 1 aromatic rings. The van der Waals surface area contributed by atoms with Crippen LogP contribution < -0.4 is 0 Å². The van der Waals surface area contributed by atoms with E-state index >= 15 is 0 Å². The van der Waals surface area contributed by atoms with Gasteiger partial charge in [0, 0.05) is 19.5 Å². The summed E-state index contributed by atoms with van der Waals surface area (Å²) in [6, 6.07) is 10.3. The van der Waals surface area contributed by atoms with Gasteiger partial charge in [-0.3, -0.25) is 4.79 Å². The standard InChI is InChI=1S/C16H23NO/c1-4-12-17(16(18)5-2)13-11-14(3)15-9-7-6-8-10-15/h6-11H,4-5,12-13H2,1-3H3/b14-11+. The van der Waals surface area contributed by atoms with Crippen LogP contribution in [0.3, 0.4) is 0 Å². The Morgan fingerprint density at radius 3 is 2.44 bits per heavy atom. The van der Waals surface area contributed by atoms with Crippen molar-refractivity contribution in [2.24, 2.45) is 0 Å². The zero-order chi connectivity index (χ0) is 13.4. The van der Waals surface area contributed by atoms with Crippen LogP contribution in [-0.2, 0) is 4.79 Å². The van der Waals surface area contributed by atoms with Crippen molar-refractivity contribution in [3.63, 3.8) is 0 Å². The van der Waals surface area contributed by atoms with Crippen molar-refractivity contribution in [2.75, 3.05) is 13.1 Å². The van der Waals surface area contributed by atoms with Crippen molar-refractivity contribution < 1.29 is 4.79 Å². The summed E-state index contributed by atoms with van der Waals surface area (Å²) in [6.07, 6.45) is 3.72. The molecule has 0 aromatic heterocycles. The van der Waals surface area contributed by atoms with E-state index < -0.39 is 0 Å². The number of amides is 1. The van der Waals surface area contributed by atoms with E-state index in [0.29, 0.717) is 13.0 Å². The van der Waals surface area contributed by atoms with Crippen LogP contribution in [0.4, 0.5) is 0 Å². The summed E-state index contributed by atoms with van der Waals surface area (Å²) in [6.45, 7) is 7.66. The van der Waals surface area contributed by atoms with E-state index in [-0.39, 0.29) is 5.91 Å². The Balaban J connectivity index is 2.68. The molecule has 0 aliphatic heterocycles. The number of carbonyl (C=O) groups excluding carboxylic acids is 1. The van der Waals surface area contributed by atoms with E-state index in [0.717, 1.165) is 13.0 Å². The Bertz CT molecular complexity index is 395. The van der Waals surface area contributed by atoms with Gasteiger partial charge >= 0.3 is 0 Å². The number of carbonyl (C=O) groups is 1. The summed E-state index contributed by atoms with van der Waals surface area (Å²) in [5, 5.41) is 0. The first-order chi connectivity index (χ1) is 8.69. The molecule has 0 heterocycles. The fourth-order valence-electron chi connectivity index (χ4n) is 1.88. The van der Waals surface area contributed by atoms with Gasteiger partial charge in [0.15, 0.2) is 0 Å². The van der Waals surface area contributed by atoms with Crippen LogP contribution in [0, 0.1) is 0 Å². The fraction of sp³-hybridized carbons (Fsp3) is 0.438. The first kappa shape index (κ1) is 14.5. The molecule has 0 N–H and O–H groups in total. The maximum Gasteiger partial charge on any atom is 0.222 e. The molecule has 0 radical (unpaired) electrons. The Labute approximate surface area is 110 Å². The van der Waals surface area contributed by atoms with Gasteiger partial charge in [0.05, 0.1) is 0 Å². The van der Waals surface area contributed by atoms with E-state index in [1.165, 1.54) is 11.1 Å². The van der Waals surface area contributed by atoms with Crippen molar-refractivity contribution in [1.29, 1.82) is 0 Å². The van der Waals surface area contributed by atoms with Crippen LogP contribution in [0.25, 0.3) is 5.57 Å². The smallest absolute Gasteiger partial charge is 0.222 e. The van der Waals surface area contributed by atoms with Crippen molar-refractivity contribution >= 4 is 11.5 Å². The minimum atomic E-state index is 0.231. The fourth-order valence-corrected chi connectivity index (χ4v) is 1.88. The molecule has 0 aliphatic carbocycles. The lowest BCUT2D eigenvalue weighted by molar-refractivity contribution is -0.130. The third-order valence-electron chi connectivity index (χ3n) is 3.00. The molecule has 1 amide bonds. The molecule has 18 heavy (non-hydrogen) atoms. The second-order valence-electron chi connectivity index (χ2n) is 4.45. The number of rotatable bonds is 6. The van der Waals surface area contributed by atoms with Crippen LogP contribution in [0.15, 0.2) is 36.4 Å². The van der Waals surface area contributed by atoms with Gasteiger partial charge in [-0.2, -0.15) is 0 Å². The molecule has 0 saturated heterocycles. The topological polar surface area (TPSA) is 20.3 Å². The van der Waals surface area contributed by atoms with Crippen molar-refractivity contribution in [3.05, 3.63) is 42.0 Å². The average Bonchev–Trinajstić information content (AvgIpc) is 2.43. The third kappa shape index (κ3) is 4.36. The molecular weight excluding hydrogens is 222 g/mol. The molecule has 0 atom stereocenters. The van der Waals surface area contributed by atoms with Gasteiger partial charge in [-0.1, -0.05) is 50.3 Å². The van der Waals surface area contributed by atoms with Crippen LogP contribution in [0.2, 0.25) is 0 Å². The van der Waals surface area contributed by atoms with Crippen molar-refractivity contribution in [1.82, 2.24) is 4.90 Å². The quantitative estimate of drug-likeness (QED) is 0.747. The summed E-state index contributed by atoms with van der Waals surface area (Å²) < 4.78 is 0. The summed E-state index contributed by atoms with van der Waals surface area (Å²) in [5.74, 6) is 0.231. The molecule has 98 valence electrons. The molecule has 0 spiro atoms. The lowest BCUT2D eigenvalue weighted by Gasteiger charge is -2.20. The largest absolute Gasteiger partial charge is 0.339 e. The van der Waals surface area contributed by atoms with E-state index in [1.807, 2.05) is 30.0 Å². The summed E-state index contributed by atoms with van der Waals surface area (Å²) >= 11 is 0. The SMILES string of the molecule is CCCN(C/C=C(\C)c1ccccc1)C(=O)CC. The summed E-state index contributed by atoms with van der Waals surface area (Å²) in [7, 11) is 0. The Morgan fingerprint density at radius 2 is 1.89 bits per heavy atom. The molecule has 1 rings (SSSR count). The molecule has 0 aliphatic rings. The van der Waals surface area contributed by atoms with Gasteiger partial charge in [0.25, 0.3) is 0 Å². The highest BCUT2D eigenvalue weighted by atomic mass is 16.2. The van der Waals surface area contributed by atoms with E-state index in [9.17, 15) is 4.79 Å². The maximum absolute atomic E-state index is 11.7. The second-order valence-corrected chi connectivity index (χ2v) is 4.45. The Hall–Kier alpha value is -1.57. The predicted molar refractivity (Wildman–Crippen MR) is 77.3 cm³/mol. The third-order valence-corrected chi connectivity index (χ3v) is 3.00. The highest BCUT2D eigenvalue weighted by Crippen LogP contribution is 2.12. The van der Waals surface area contributed by atoms with E-state index in [1.54, 1.807) is 0 Å². The van der Waals surface area contributed by atoms with Crippen molar-refractivity contribution in [2.45, 2.75) is 33.6 Å². The Morgan fingerprint density at radius 1 is 1.22 bits per heavy atom. The predicted octanol–water partition coefficient (Wildman–Crippen LogP) is 3.74. The Kier molecular flexibility index (Phi) is 6.20. The molecule has 1 aromatic carbocycles. The van der Waals surface area contributed by atoms with Gasteiger partial charge in [-0.05, 0) is 24.5 Å². The lowest BCUT2D eigenvalue weighted by Crippen LogP contribution is -2.31. The van der Waals surface area contributed by atoms with Gasteiger partial charge in [0.1, 0.15) is 0 Å². The van der Waals surface area contributed by atoms with Gasteiger partial charge in [-0.25, -0.2) is 0 Å². The molecule has 2 nitrogen and oxygen atoms in total. The summed E-state index contributed by atoms with van der Waals surface area (Å²) in [5.41, 5.74) is 2.44. The van der Waals surface area contributed by atoms with E-state index in [2.05, 4.69) is 32.1 Å². The number of nitrogens with zero attached hydrogens (tertiary/aromatic N) is 1. The normalized spacial score (nSPS) is 11.4. The number of hydrogen-bond acceptors (Lipinski definition) is 1. The maximum atomic E-state index is 11.7. The molecule has 0 bridgehead atoms. The molecule has 0 saturated carbocycles. The highest BCUT2D eigenvalue weighted by molar-refractivity contribution is 5.76. The van der Waals surface area contributed by atoms with Crippen LogP contribution >= 0.6 is 0 Å². The minimum absolute atomic E-state index is 0.231.